The molecule has 0 saturated carbocycles. The minimum atomic E-state index is -0.750. The molecule has 0 unspecified atom stereocenters. The summed E-state index contributed by atoms with van der Waals surface area (Å²) in [6, 6.07) is 3.79. The van der Waals surface area contributed by atoms with Crippen molar-refractivity contribution in [2.45, 2.75) is 26.7 Å². The molecular weight excluding hydrogens is 220 g/mol. The normalized spacial score (nSPS) is 11.6. The monoisotopic (exact) mass is 232 g/mol. The van der Waals surface area contributed by atoms with Gasteiger partial charge in [0.2, 0.25) is 0 Å². The molecule has 0 saturated heterocycles. The Bertz CT molecular complexity index is 331. The van der Waals surface area contributed by atoms with Crippen LogP contribution in [0.4, 0.5) is 0 Å². The highest BCUT2D eigenvalue weighted by Gasteiger charge is 2.26. The maximum Gasteiger partial charge on any atom is 0.309 e. The zero-order chi connectivity index (χ0) is 10.8. The first-order valence-electron chi connectivity index (χ1n) is 4.39. The Hall–Kier alpha value is -0.540. The molecule has 0 aliphatic carbocycles. The number of hydrogen-bond acceptors (Lipinski definition) is 2. The minimum Gasteiger partial charge on any atom is -0.481 e. The summed E-state index contributed by atoms with van der Waals surface area (Å²) in [6.07, 6.45) is 1.41. The fourth-order valence-corrected chi connectivity index (χ4v) is 2.12. The average Bonchev–Trinajstić information content (AvgIpc) is 2.48. The first kappa shape index (κ1) is 11.5. The number of thiophene rings is 1. The van der Waals surface area contributed by atoms with E-state index in [0.29, 0.717) is 6.42 Å². The van der Waals surface area contributed by atoms with Gasteiger partial charge in [0.1, 0.15) is 0 Å². The van der Waals surface area contributed by atoms with Gasteiger partial charge < -0.3 is 5.11 Å². The Kier molecular flexibility index (Phi) is 3.56. The molecule has 2 nitrogen and oxygen atoms in total. The summed E-state index contributed by atoms with van der Waals surface area (Å²) in [7, 11) is 0. The van der Waals surface area contributed by atoms with E-state index in [4.69, 9.17) is 16.7 Å². The third-order valence-electron chi connectivity index (χ3n) is 2.20. The van der Waals surface area contributed by atoms with Crippen LogP contribution in [-0.2, 0) is 11.2 Å². The van der Waals surface area contributed by atoms with Gasteiger partial charge >= 0.3 is 5.97 Å². The topological polar surface area (TPSA) is 37.3 Å². The zero-order valence-corrected chi connectivity index (χ0v) is 9.78. The van der Waals surface area contributed by atoms with E-state index in [0.717, 1.165) is 15.6 Å². The third kappa shape index (κ3) is 3.00. The van der Waals surface area contributed by atoms with Crippen LogP contribution in [0, 0.1) is 5.41 Å². The first-order chi connectivity index (χ1) is 6.42. The number of rotatable bonds is 4. The molecular formula is C10H13ClO2S. The number of carbonyl (C=O) groups is 1. The van der Waals surface area contributed by atoms with Crippen LogP contribution in [-0.4, -0.2) is 11.1 Å². The van der Waals surface area contributed by atoms with Gasteiger partial charge in [0, 0.05) is 4.88 Å². The van der Waals surface area contributed by atoms with Gasteiger partial charge in [-0.1, -0.05) is 11.6 Å². The van der Waals surface area contributed by atoms with Crippen molar-refractivity contribution in [2.75, 3.05) is 0 Å². The summed E-state index contributed by atoms with van der Waals surface area (Å²) < 4.78 is 0.758. The molecule has 0 bridgehead atoms. The van der Waals surface area contributed by atoms with Gasteiger partial charge in [0.15, 0.2) is 0 Å². The van der Waals surface area contributed by atoms with E-state index in [1.807, 2.05) is 12.1 Å². The van der Waals surface area contributed by atoms with Crippen LogP contribution in [0.15, 0.2) is 12.1 Å². The maximum absolute atomic E-state index is 10.8. The van der Waals surface area contributed by atoms with Crippen LogP contribution < -0.4 is 0 Å². The summed E-state index contributed by atoms with van der Waals surface area (Å²) in [4.78, 5) is 12.0. The second kappa shape index (κ2) is 4.32. The number of halogens is 1. The van der Waals surface area contributed by atoms with Crippen molar-refractivity contribution in [3.63, 3.8) is 0 Å². The fraction of sp³-hybridized carbons (Fsp3) is 0.500. The van der Waals surface area contributed by atoms with Crippen LogP contribution in [0.25, 0.3) is 0 Å². The van der Waals surface area contributed by atoms with E-state index in [9.17, 15) is 4.79 Å². The Labute approximate surface area is 92.5 Å². The van der Waals surface area contributed by atoms with Crippen molar-refractivity contribution in [3.05, 3.63) is 21.3 Å². The average molecular weight is 233 g/mol. The van der Waals surface area contributed by atoms with Crippen LogP contribution in [0.3, 0.4) is 0 Å². The van der Waals surface area contributed by atoms with E-state index in [1.54, 1.807) is 13.8 Å². The van der Waals surface area contributed by atoms with Crippen molar-refractivity contribution in [1.29, 1.82) is 0 Å². The summed E-state index contributed by atoms with van der Waals surface area (Å²) >= 11 is 7.29. The largest absolute Gasteiger partial charge is 0.481 e. The number of aliphatic carboxylic acids is 1. The van der Waals surface area contributed by atoms with Crippen LogP contribution >= 0.6 is 22.9 Å². The second-order valence-corrected chi connectivity index (χ2v) is 5.69. The minimum absolute atomic E-state index is 0.638. The van der Waals surface area contributed by atoms with Gasteiger partial charge in [-0.25, -0.2) is 0 Å². The van der Waals surface area contributed by atoms with E-state index < -0.39 is 11.4 Å². The lowest BCUT2D eigenvalue weighted by molar-refractivity contribution is -0.147. The lowest BCUT2D eigenvalue weighted by Crippen LogP contribution is -2.23. The molecule has 0 spiro atoms. The summed E-state index contributed by atoms with van der Waals surface area (Å²) in [5.41, 5.74) is -0.656. The fourth-order valence-electron chi connectivity index (χ4n) is 1.03. The SMILES string of the molecule is CC(C)(CCc1ccc(Cl)s1)C(=O)O. The molecule has 0 atom stereocenters. The highest BCUT2D eigenvalue weighted by Crippen LogP contribution is 2.27. The van der Waals surface area contributed by atoms with Crippen LogP contribution in [0.1, 0.15) is 25.1 Å². The molecule has 0 amide bonds. The Balaban J connectivity index is 2.52. The lowest BCUT2D eigenvalue weighted by atomic mass is 9.88. The Morgan fingerprint density at radius 3 is 2.64 bits per heavy atom. The van der Waals surface area contributed by atoms with Gasteiger partial charge in [-0.2, -0.15) is 0 Å². The summed E-state index contributed by atoms with van der Waals surface area (Å²) in [6.45, 7) is 3.48. The predicted octanol–water partition coefficient (Wildman–Crippen LogP) is 3.44. The first-order valence-corrected chi connectivity index (χ1v) is 5.59. The van der Waals surface area contributed by atoms with Gasteiger partial charge in [-0.3, -0.25) is 4.79 Å². The van der Waals surface area contributed by atoms with Crippen molar-refractivity contribution in [2.24, 2.45) is 5.41 Å². The van der Waals surface area contributed by atoms with E-state index in [2.05, 4.69) is 0 Å². The van der Waals surface area contributed by atoms with Gasteiger partial charge in [0.05, 0.1) is 9.75 Å². The number of aryl methyl sites for hydroxylation is 1. The molecule has 1 heterocycles. The Morgan fingerprint density at radius 1 is 1.57 bits per heavy atom. The number of carboxylic acid groups (broad SMARTS) is 1. The smallest absolute Gasteiger partial charge is 0.309 e. The maximum atomic E-state index is 10.8. The molecule has 1 aromatic rings. The molecule has 14 heavy (non-hydrogen) atoms. The molecule has 0 aromatic carbocycles. The number of hydrogen-bond donors (Lipinski definition) is 1. The predicted molar refractivity (Wildman–Crippen MR) is 59.1 cm³/mol. The van der Waals surface area contributed by atoms with Crippen molar-refractivity contribution in [1.82, 2.24) is 0 Å². The van der Waals surface area contributed by atoms with Crippen LogP contribution in [0.2, 0.25) is 4.34 Å². The van der Waals surface area contributed by atoms with E-state index >= 15 is 0 Å². The standard InChI is InChI=1S/C10H13ClO2S/c1-10(2,9(12)13)6-5-7-3-4-8(11)14-7/h3-4H,5-6H2,1-2H3,(H,12,13). The lowest BCUT2D eigenvalue weighted by Gasteiger charge is -2.17. The van der Waals surface area contributed by atoms with Crippen molar-refractivity contribution < 1.29 is 9.90 Å². The Morgan fingerprint density at radius 2 is 2.21 bits per heavy atom. The highest BCUT2D eigenvalue weighted by molar-refractivity contribution is 7.16. The third-order valence-corrected chi connectivity index (χ3v) is 3.50. The van der Waals surface area contributed by atoms with Gasteiger partial charge in [-0.05, 0) is 38.8 Å². The number of carboxylic acids is 1. The second-order valence-electron chi connectivity index (χ2n) is 3.89. The molecule has 0 aliphatic heterocycles. The van der Waals surface area contributed by atoms with Crippen LogP contribution in [0.5, 0.6) is 0 Å². The highest BCUT2D eigenvalue weighted by atomic mass is 35.5. The van der Waals surface area contributed by atoms with E-state index in [1.165, 1.54) is 11.3 Å². The van der Waals surface area contributed by atoms with Gasteiger partial charge in [0.25, 0.3) is 0 Å². The molecule has 0 fully saturated rings. The molecule has 1 rings (SSSR count). The molecule has 0 radical (unpaired) electrons. The molecule has 78 valence electrons. The summed E-state index contributed by atoms with van der Waals surface area (Å²) in [5.74, 6) is -0.750. The molecule has 1 N–H and O–H groups in total. The van der Waals surface area contributed by atoms with Crippen molar-refractivity contribution in [3.8, 4) is 0 Å². The van der Waals surface area contributed by atoms with Crippen molar-refractivity contribution >= 4 is 28.9 Å². The quantitative estimate of drug-likeness (QED) is 0.864. The molecule has 0 aliphatic rings. The zero-order valence-electron chi connectivity index (χ0n) is 8.21. The summed E-state index contributed by atoms with van der Waals surface area (Å²) in [5, 5.41) is 8.90. The van der Waals surface area contributed by atoms with Gasteiger partial charge in [-0.15, -0.1) is 11.3 Å². The molecule has 4 heteroatoms. The van der Waals surface area contributed by atoms with E-state index in [-0.39, 0.29) is 0 Å². The molecule has 1 aromatic heterocycles.